The van der Waals surface area contributed by atoms with Gasteiger partial charge in [-0.05, 0) is 36.6 Å². The summed E-state index contributed by atoms with van der Waals surface area (Å²) >= 11 is 0. The Morgan fingerprint density at radius 2 is 2.05 bits per heavy atom. The van der Waals surface area contributed by atoms with Gasteiger partial charge in [0.25, 0.3) is 5.91 Å². The van der Waals surface area contributed by atoms with E-state index in [1.165, 1.54) is 12.8 Å². The molecule has 1 N–H and O–H groups in total. The molecule has 2 aromatic rings. The average Bonchev–Trinajstić information content (AvgIpc) is 3.08. The molecule has 0 unspecified atom stereocenters. The summed E-state index contributed by atoms with van der Waals surface area (Å²) in [6.07, 6.45) is 7.69. The van der Waals surface area contributed by atoms with Gasteiger partial charge in [0.05, 0.1) is 11.9 Å². The molecular formula is C16H18N4O. The first-order chi connectivity index (χ1) is 10.3. The van der Waals surface area contributed by atoms with Crippen molar-refractivity contribution in [2.24, 2.45) is 0 Å². The zero-order chi connectivity index (χ0) is 14.5. The standard InChI is InChI=1S/C16H18N4O/c21-16(19-11-13-4-3-7-17-10-13)15-6-5-14(12-18-15)20-8-1-2-9-20/h3-7,10,12H,1-2,8-9,11H2,(H,19,21). The number of aromatic nitrogens is 2. The highest BCUT2D eigenvalue weighted by Crippen LogP contribution is 2.18. The fraction of sp³-hybridized carbons (Fsp3) is 0.312. The molecule has 0 aliphatic carbocycles. The molecule has 0 aromatic carbocycles. The molecule has 1 aliphatic heterocycles. The number of hydrogen-bond donors (Lipinski definition) is 1. The van der Waals surface area contributed by atoms with Crippen LogP contribution in [0.1, 0.15) is 28.9 Å². The predicted molar refractivity (Wildman–Crippen MR) is 81.1 cm³/mol. The Labute approximate surface area is 124 Å². The van der Waals surface area contributed by atoms with E-state index >= 15 is 0 Å². The summed E-state index contributed by atoms with van der Waals surface area (Å²) in [7, 11) is 0. The van der Waals surface area contributed by atoms with Gasteiger partial charge in [0.1, 0.15) is 5.69 Å². The summed E-state index contributed by atoms with van der Waals surface area (Å²) in [6.45, 7) is 2.62. The van der Waals surface area contributed by atoms with Gasteiger partial charge < -0.3 is 10.2 Å². The quantitative estimate of drug-likeness (QED) is 0.932. The summed E-state index contributed by atoms with van der Waals surface area (Å²) in [6, 6.07) is 7.53. The normalized spacial score (nSPS) is 14.2. The Bertz CT molecular complexity index is 591. The number of nitrogens with one attached hydrogen (secondary N) is 1. The van der Waals surface area contributed by atoms with Gasteiger partial charge in [-0.3, -0.25) is 9.78 Å². The number of amides is 1. The number of pyridine rings is 2. The smallest absolute Gasteiger partial charge is 0.270 e. The number of nitrogens with zero attached hydrogens (tertiary/aromatic N) is 3. The third-order valence-electron chi connectivity index (χ3n) is 3.63. The lowest BCUT2D eigenvalue weighted by molar-refractivity contribution is 0.0946. The summed E-state index contributed by atoms with van der Waals surface area (Å²) in [5.41, 5.74) is 2.51. The maximum absolute atomic E-state index is 12.0. The van der Waals surface area contributed by atoms with Crippen LogP contribution in [-0.4, -0.2) is 29.0 Å². The molecule has 1 saturated heterocycles. The van der Waals surface area contributed by atoms with Crippen LogP contribution in [0, 0.1) is 0 Å². The van der Waals surface area contributed by atoms with Crippen molar-refractivity contribution in [3.05, 3.63) is 54.1 Å². The molecule has 3 heterocycles. The van der Waals surface area contributed by atoms with Crippen molar-refractivity contribution in [1.82, 2.24) is 15.3 Å². The molecule has 2 aromatic heterocycles. The van der Waals surface area contributed by atoms with Crippen LogP contribution in [0.3, 0.4) is 0 Å². The molecule has 3 rings (SSSR count). The first kappa shape index (κ1) is 13.5. The third kappa shape index (κ3) is 3.37. The number of anilines is 1. The lowest BCUT2D eigenvalue weighted by atomic mass is 10.2. The van der Waals surface area contributed by atoms with Gasteiger partial charge >= 0.3 is 0 Å². The van der Waals surface area contributed by atoms with Crippen molar-refractivity contribution in [3.8, 4) is 0 Å². The van der Waals surface area contributed by atoms with E-state index in [0.717, 1.165) is 24.3 Å². The van der Waals surface area contributed by atoms with E-state index < -0.39 is 0 Å². The van der Waals surface area contributed by atoms with E-state index in [-0.39, 0.29) is 5.91 Å². The minimum absolute atomic E-state index is 0.160. The molecule has 1 amide bonds. The highest BCUT2D eigenvalue weighted by Gasteiger charge is 2.13. The second-order valence-electron chi connectivity index (χ2n) is 5.14. The average molecular weight is 282 g/mol. The first-order valence-electron chi connectivity index (χ1n) is 7.21. The predicted octanol–water partition coefficient (Wildman–Crippen LogP) is 2.01. The van der Waals surface area contributed by atoms with Crippen molar-refractivity contribution >= 4 is 11.6 Å². The topological polar surface area (TPSA) is 58.1 Å². The van der Waals surface area contributed by atoms with Crippen LogP contribution in [0.25, 0.3) is 0 Å². The first-order valence-corrected chi connectivity index (χ1v) is 7.21. The highest BCUT2D eigenvalue weighted by atomic mass is 16.1. The van der Waals surface area contributed by atoms with E-state index in [2.05, 4.69) is 20.2 Å². The van der Waals surface area contributed by atoms with Gasteiger partial charge in [0, 0.05) is 32.0 Å². The van der Waals surface area contributed by atoms with E-state index in [9.17, 15) is 4.79 Å². The lowest BCUT2D eigenvalue weighted by Crippen LogP contribution is -2.24. The van der Waals surface area contributed by atoms with Gasteiger partial charge in [-0.15, -0.1) is 0 Å². The maximum Gasteiger partial charge on any atom is 0.270 e. The highest BCUT2D eigenvalue weighted by molar-refractivity contribution is 5.92. The van der Waals surface area contributed by atoms with Crippen LogP contribution in [0.15, 0.2) is 42.9 Å². The van der Waals surface area contributed by atoms with Crippen LogP contribution >= 0.6 is 0 Å². The molecule has 0 spiro atoms. The molecule has 0 bridgehead atoms. The summed E-state index contributed by atoms with van der Waals surface area (Å²) < 4.78 is 0. The molecule has 0 atom stereocenters. The van der Waals surface area contributed by atoms with E-state index in [1.807, 2.05) is 18.2 Å². The molecule has 0 saturated carbocycles. The van der Waals surface area contributed by atoms with Crippen molar-refractivity contribution in [2.75, 3.05) is 18.0 Å². The second kappa shape index (κ2) is 6.35. The van der Waals surface area contributed by atoms with Crippen LogP contribution in [0.4, 0.5) is 5.69 Å². The molecule has 1 aliphatic rings. The maximum atomic E-state index is 12.0. The summed E-state index contributed by atoms with van der Waals surface area (Å²) in [5, 5.41) is 2.85. The number of hydrogen-bond acceptors (Lipinski definition) is 4. The van der Waals surface area contributed by atoms with Crippen molar-refractivity contribution < 1.29 is 4.79 Å². The van der Waals surface area contributed by atoms with E-state index in [1.54, 1.807) is 24.7 Å². The minimum atomic E-state index is -0.160. The Kier molecular flexibility index (Phi) is 4.09. The summed E-state index contributed by atoms with van der Waals surface area (Å²) in [5.74, 6) is -0.160. The largest absolute Gasteiger partial charge is 0.370 e. The third-order valence-corrected chi connectivity index (χ3v) is 3.63. The molecule has 1 fully saturated rings. The van der Waals surface area contributed by atoms with Crippen LogP contribution in [-0.2, 0) is 6.54 Å². The van der Waals surface area contributed by atoms with Crippen molar-refractivity contribution in [1.29, 1.82) is 0 Å². The van der Waals surface area contributed by atoms with E-state index in [0.29, 0.717) is 12.2 Å². The SMILES string of the molecule is O=C(NCc1cccnc1)c1ccc(N2CCCC2)cn1. The Morgan fingerprint density at radius 3 is 2.71 bits per heavy atom. The van der Waals surface area contributed by atoms with Crippen molar-refractivity contribution in [2.45, 2.75) is 19.4 Å². The van der Waals surface area contributed by atoms with Gasteiger partial charge in [0.2, 0.25) is 0 Å². The molecule has 21 heavy (non-hydrogen) atoms. The van der Waals surface area contributed by atoms with Crippen molar-refractivity contribution in [3.63, 3.8) is 0 Å². The zero-order valence-corrected chi connectivity index (χ0v) is 11.8. The van der Waals surface area contributed by atoms with Crippen LogP contribution in [0.2, 0.25) is 0 Å². The van der Waals surface area contributed by atoms with Gasteiger partial charge in [-0.1, -0.05) is 6.07 Å². The fourth-order valence-electron chi connectivity index (χ4n) is 2.46. The minimum Gasteiger partial charge on any atom is -0.370 e. The fourth-order valence-corrected chi connectivity index (χ4v) is 2.46. The molecule has 0 radical (unpaired) electrons. The summed E-state index contributed by atoms with van der Waals surface area (Å²) in [4.78, 5) is 22.6. The monoisotopic (exact) mass is 282 g/mol. The molecule has 5 nitrogen and oxygen atoms in total. The second-order valence-corrected chi connectivity index (χ2v) is 5.14. The molecular weight excluding hydrogens is 264 g/mol. The number of carbonyl (C=O) groups is 1. The van der Waals surface area contributed by atoms with E-state index in [4.69, 9.17) is 0 Å². The Morgan fingerprint density at radius 1 is 1.19 bits per heavy atom. The zero-order valence-electron chi connectivity index (χ0n) is 11.8. The Hall–Kier alpha value is -2.43. The van der Waals surface area contributed by atoms with Crippen LogP contribution in [0.5, 0.6) is 0 Å². The number of carbonyl (C=O) groups excluding carboxylic acids is 1. The number of rotatable bonds is 4. The van der Waals surface area contributed by atoms with Gasteiger partial charge in [-0.25, -0.2) is 4.98 Å². The molecule has 5 heteroatoms. The Balaban J connectivity index is 1.59. The van der Waals surface area contributed by atoms with Crippen LogP contribution < -0.4 is 10.2 Å². The van der Waals surface area contributed by atoms with Gasteiger partial charge in [-0.2, -0.15) is 0 Å². The lowest BCUT2D eigenvalue weighted by Gasteiger charge is -2.16. The van der Waals surface area contributed by atoms with Gasteiger partial charge in [0.15, 0.2) is 0 Å². The molecule has 108 valence electrons.